The number of rotatable bonds is 4. The Kier molecular flexibility index (Phi) is 3.02. The summed E-state index contributed by atoms with van der Waals surface area (Å²) in [5.41, 5.74) is 3.79. The third-order valence-corrected chi connectivity index (χ3v) is 4.38. The third kappa shape index (κ3) is 2.01. The SMILES string of the molecule is CCC(CC1CC1)n1c(=S)[nH]c2cccc(C)c21. The van der Waals surface area contributed by atoms with E-state index in [0.29, 0.717) is 6.04 Å². The van der Waals surface area contributed by atoms with Gasteiger partial charge in [-0.2, -0.15) is 0 Å². The molecule has 0 radical (unpaired) electrons. The van der Waals surface area contributed by atoms with Gasteiger partial charge in [0.2, 0.25) is 0 Å². The van der Waals surface area contributed by atoms with Crippen LogP contribution in [0.4, 0.5) is 0 Å². The van der Waals surface area contributed by atoms with Crippen LogP contribution in [0, 0.1) is 17.6 Å². The number of H-pyrrole nitrogens is 1. The lowest BCUT2D eigenvalue weighted by molar-refractivity contribution is 0.434. The lowest BCUT2D eigenvalue weighted by Crippen LogP contribution is -2.09. The second-order valence-electron chi connectivity index (χ2n) is 5.51. The van der Waals surface area contributed by atoms with Gasteiger partial charge in [0.15, 0.2) is 4.77 Å². The molecule has 1 fully saturated rings. The minimum absolute atomic E-state index is 0.555. The highest BCUT2D eigenvalue weighted by Crippen LogP contribution is 2.39. The van der Waals surface area contributed by atoms with Crippen LogP contribution in [0.15, 0.2) is 18.2 Å². The lowest BCUT2D eigenvalue weighted by atomic mass is 10.1. The Morgan fingerprint density at radius 2 is 2.22 bits per heavy atom. The molecular formula is C15H20N2S. The van der Waals surface area contributed by atoms with E-state index in [9.17, 15) is 0 Å². The minimum Gasteiger partial charge on any atom is -0.331 e. The molecule has 3 rings (SSSR count). The molecule has 1 N–H and O–H groups in total. The molecule has 96 valence electrons. The summed E-state index contributed by atoms with van der Waals surface area (Å²) in [6.07, 6.45) is 5.26. The summed E-state index contributed by atoms with van der Waals surface area (Å²) in [4.78, 5) is 3.35. The molecule has 1 heterocycles. The molecule has 0 amide bonds. The van der Waals surface area contributed by atoms with Gasteiger partial charge in [-0.1, -0.05) is 31.9 Å². The van der Waals surface area contributed by atoms with Gasteiger partial charge in [-0.3, -0.25) is 0 Å². The molecular weight excluding hydrogens is 240 g/mol. The van der Waals surface area contributed by atoms with E-state index in [1.807, 2.05) is 0 Å². The molecule has 1 atom stereocenters. The fourth-order valence-electron chi connectivity index (χ4n) is 2.90. The zero-order valence-electron chi connectivity index (χ0n) is 11.1. The molecule has 1 aliphatic rings. The van der Waals surface area contributed by atoms with Crippen LogP contribution >= 0.6 is 12.2 Å². The quantitative estimate of drug-likeness (QED) is 0.786. The first-order valence-corrected chi connectivity index (χ1v) is 7.31. The average Bonchev–Trinajstić information content (AvgIpc) is 3.09. The van der Waals surface area contributed by atoms with Crippen LogP contribution in [-0.2, 0) is 0 Å². The van der Waals surface area contributed by atoms with E-state index < -0.39 is 0 Å². The van der Waals surface area contributed by atoms with Crippen molar-refractivity contribution in [2.75, 3.05) is 0 Å². The van der Waals surface area contributed by atoms with Crippen LogP contribution in [-0.4, -0.2) is 9.55 Å². The summed E-state index contributed by atoms with van der Waals surface area (Å²) < 4.78 is 3.24. The topological polar surface area (TPSA) is 20.7 Å². The molecule has 0 aliphatic heterocycles. The van der Waals surface area contributed by atoms with E-state index in [2.05, 4.69) is 41.6 Å². The summed E-state index contributed by atoms with van der Waals surface area (Å²) in [5, 5.41) is 0. The first kappa shape index (κ1) is 12.0. The highest BCUT2D eigenvalue weighted by atomic mass is 32.1. The predicted molar refractivity (Wildman–Crippen MR) is 78.5 cm³/mol. The van der Waals surface area contributed by atoms with Gasteiger partial charge in [0, 0.05) is 6.04 Å². The van der Waals surface area contributed by atoms with Crippen molar-refractivity contribution in [3.8, 4) is 0 Å². The summed E-state index contributed by atoms with van der Waals surface area (Å²) in [7, 11) is 0. The Balaban J connectivity index is 2.13. The van der Waals surface area contributed by atoms with E-state index in [-0.39, 0.29) is 0 Å². The molecule has 1 aromatic heterocycles. The van der Waals surface area contributed by atoms with Gasteiger partial charge < -0.3 is 9.55 Å². The number of para-hydroxylation sites is 1. The van der Waals surface area contributed by atoms with Crippen molar-refractivity contribution in [1.82, 2.24) is 9.55 Å². The number of nitrogens with zero attached hydrogens (tertiary/aromatic N) is 1. The van der Waals surface area contributed by atoms with Gasteiger partial charge in [0.1, 0.15) is 0 Å². The molecule has 1 aromatic carbocycles. The van der Waals surface area contributed by atoms with Crippen molar-refractivity contribution >= 4 is 23.3 Å². The molecule has 2 nitrogen and oxygen atoms in total. The van der Waals surface area contributed by atoms with E-state index in [1.165, 1.54) is 35.9 Å². The summed E-state index contributed by atoms with van der Waals surface area (Å²) in [6, 6.07) is 6.94. The predicted octanol–water partition coefficient (Wildman–Crippen LogP) is 4.76. The van der Waals surface area contributed by atoms with Crippen molar-refractivity contribution < 1.29 is 0 Å². The fourth-order valence-corrected chi connectivity index (χ4v) is 3.25. The van der Waals surface area contributed by atoms with Crippen LogP contribution in [0.25, 0.3) is 11.0 Å². The van der Waals surface area contributed by atoms with Gasteiger partial charge in [-0.15, -0.1) is 0 Å². The van der Waals surface area contributed by atoms with Crippen molar-refractivity contribution in [3.05, 3.63) is 28.5 Å². The third-order valence-electron chi connectivity index (χ3n) is 4.08. The van der Waals surface area contributed by atoms with Gasteiger partial charge in [0.25, 0.3) is 0 Å². The molecule has 2 aromatic rings. The minimum atomic E-state index is 0.555. The molecule has 1 saturated carbocycles. The molecule has 1 aliphatic carbocycles. The van der Waals surface area contributed by atoms with E-state index >= 15 is 0 Å². The van der Waals surface area contributed by atoms with E-state index in [0.717, 1.165) is 17.1 Å². The number of fused-ring (bicyclic) bond motifs is 1. The zero-order valence-corrected chi connectivity index (χ0v) is 11.9. The number of hydrogen-bond donors (Lipinski definition) is 1. The first-order chi connectivity index (χ1) is 8.70. The van der Waals surface area contributed by atoms with Gasteiger partial charge in [-0.25, -0.2) is 0 Å². The van der Waals surface area contributed by atoms with Gasteiger partial charge >= 0.3 is 0 Å². The first-order valence-electron chi connectivity index (χ1n) is 6.90. The number of imidazole rings is 1. The summed E-state index contributed by atoms with van der Waals surface area (Å²) in [5.74, 6) is 0.936. The van der Waals surface area contributed by atoms with Crippen LogP contribution in [0.2, 0.25) is 0 Å². The Bertz CT molecular complexity index is 619. The maximum Gasteiger partial charge on any atom is 0.178 e. The maximum absolute atomic E-state index is 5.54. The highest BCUT2D eigenvalue weighted by Gasteiger charge is 2.26. The second kappa shape index (κ2) is 4.54. The Labute approximate surface area is 113 Å². The standard InChI is InChI=1S/C15H20N2S/c1-3-12(9-11-7-8-11)17-14-10(2)5-4-6-13(14)16-15(17)18/h4-6,11-12H,3,7-9H2,1-2H3,(H,16,18). The molecule has 0 saturated heterocycles. The monoisotopic (exact) mass is 260 g/mol. The van der Waals surface area contributed by atoms with E-state index in [4.69, 9.17) is 12.2 Å². The van der Waals surface area contributed by atoms with Gasteiger partial charge in [-0.05, 0) is 49.5 Å². The number of aromatic amines is 1. The molecule has 18 heavy (non-hydrogen) atoms. The number of aryl methyl sites for hydroxylation is 1. The van der Waals surface area contributed by atoms with Crippen molar-refractivity contribution in [1.29, 1.82) is 0 Å². The van der Waals surface area contributed by atoms with E-state index in [1.54, 1.807) is 0 Å². The van der Waals surface area contributed by atoms with Crippen molar-refractivity contribution in [2.24, 2.45) is 5.92 Å². The molecule has 0 bridgehead atoms. The normalized spacial score (nSPS) is 17.2. The van der Waals surface area contributed by atoms with Crippen LogP contribution in [0.1, 0.15) is 44.2 Å². The van der Waals surface area contributed by atoms with Crippen molar-refractivity contribution in [2.45, 2.75) is 45.6 Å². The largest absolute Gasteiger partial charge is 0.331 e. The Morgan fingerprint density at radius 3 is 2.89 bits per heavy atom. The van der Waals surface area contributed by atoms with Crippen molar-refractivity contribution in [3.63, 3.8) is 0 Å². The zero-order chi connectivity index (χ0) is 12.7. The van der Waals surface area contributed by atoms with Crippen LogP contribution in [0.3, 0.4) is 0 Å². The van der Waals surface area contributed by atoms with Crippen LogP contribution < -0.4 is 0 Å². The molecule has 0 spiro atoms. The maximum atomic E-state index is 5.54. The molecule has 3 heteroatoms. The number of aromatic nitrogens is 2. The Morgan fingerprint density at radius 1 is 1.44 bits per heavy atom. The Hall–Kier alpha value is -1.09. The summed E-state index contributed by atoms with van der Waals surface area (Å²) >= 11 is 5.54. The highest BCUT2D eigenvalue weighted by molar-refractivity contribution is 7.71. The average molecular weight is 260 g/mol. The second-order valence-corrected chi connectivity index (χ2v) is 5.90. The number of benzene rings is 1. The lowest BCUT2D eigenvalue weighted by Gasteiger charge is -2.18. The number of nitrogens with one attached hydrogen (secondary N) is 1. The van der Waals surface area contributed by atoms with Gasteiger partial charge in [0.05, 0.1) is 11.0 Å². The molecule has 1 unspecified atom stereocenters. The summed E-state index contributed by atoms with van der Waals surface area (Å²) in [6.45, 7) is 4.44. The fraction of sp³-hybridized carbons (Fsp3) is 0.533. The van der Waals surface area contributed by atoms with Crippen LogP contribution in [0.5, 0.6) is 0 Å². The number of hydrogen-bond acceptors (Lipinski definition) is 1. The smallest absolute Gasteiger partial charge is 0.178 e.